The Morgan fingerprint density at radius 1 is 1.29 bits per heavy atom. The number of carbonyl (C=O) groups is 2. The molecular weight excluding hydrogens is 268 g/mol. The lowest BCUT2D eigenvalue weighted by Crippen LogP contribution is -2.56. The monoisotopic (exact) mass is 294 g/mol. The molecule has 0 aromatic rings. The highest BCUT2D eigenvalue weighted by Crippen LogP contribution is 2.38. The molecule has 0 spiro atoms. The molecular formula is C16H26N2O3. The molecule has 118 valence electrons. The first kappa shape index (κ1) is 17.5. The van der Waals surface area contributed by atoms with E-state index in [1.807, 2.05) is 6.07 Å². The van der Waals surface area contributed by atoms with Crippen molar-refractivity contribution >= 4 is 11.9 Å². The molecule has 0 atom stereocenters. The van der Waals surface area contributed by atoms with Crippen molar-refractivity contribution in [1.29, 1.82) is 5.26 Å². The van der Waals surface area contributed by atoms with Crippen LogP contribution in [0.3, 0.4) is 0 Å². The predicted octanol–water partition coefficient (Wildman–Crippen LogP) is 2.65. The summed E-state index contributed by atoms with van der Waals surface area (Å²) in [5.41, 5.74) is -0.810. The molecule has 0 radical (unpaired) electrons. The highest BCUT2D eigenvalue weighted by atomic mass is 16.5. The average molecular weight is 294 g/mol. The molecule has 0 aromatic carbocycles. The fourth-order valence-corrected chi connectivity index (χ4v) is 2.92. The SMILES string of the molecule is COC(=O)C1(N(CCC(C)(C)C)C(=O)CC#N)CCCC1. The molecule has 21 heavy (non-hydrogen) atoms. The van der Waals surface area contributed by atoms with Gasteiger partial charge in [0.2, 0.25) is 5.91 Å². The maximum atomic E-state index is 12.4. The topological polar surface area (TPSA) is 70.4 Å². The van der Waals surface area contributed by atoms with Gasteiger partial charge in [-0.25, -0.2) is 4.79 Å². The minimum Gasteiger partial charge on any atom is -0.467 e. The van der Waals surface area contributed by atoms with Gasteiger partial charge in [-0.2, -0.15) is 5.26 Å². The highest BCUT2D eigenvalue weighted by Gasteiger charge is 2.49. The lowest BCUT2D eigenvalue weighted by Gasteiger charge is -2.40. The van der Waals surface area contributed by atoms with Crippen molar-refractivity contribution < 1.29 is 14.3 Å². The zero-order valence-electron chi connectivity index (χ0n) is 13.6. The van der Waals surface area contributed by atoms with Gasteiger partial charge in [0.25, 0.3) is 0 Å². The Morgan fingerprint density at radius 2 is 1.86 bits per heavy atom. The number of ether oxygens (including phenoxy) is 1. The predicted molar refractivity (Wildman–Crippen MR) is 79.2 cm³/mol. The van der Waals surface area contributed by atoms with Crippen molar-refractivity contribution in [2.75, 3.05) is 13.7 Å². The van der Waals surface area contributed by atoms with Crippen LogP contribution >= 0.6 is 0 Å². The number of amides is 1. The zero-order valence-corrected chi connectivity index (χ0v) is 13.6. The standard InChI is InChI=1S/C16H26N2O3/c1-15(2,3)10-12-18(13(19)7-11-17)16(14(20)21-4)8-5-6-9-16/h5-10,12H2,1-4H3. The van der Waals surface area contributed by atoms with E-state index in [1.165, 1.54) is 7.11 Å². The van der Waals surface area contributed by atoms with Gasteiger partial charge in [-0.3, -0.25) is 4.79 Å². The molecule has 0 heterocycles. The molecule has 0 unspecified atom stereocenters. The first-order valence-electron chi connectivity index (χ1n) is 7.53. The second-order valence-corrected chi connectivity index (χ2v) is 6.92. The van der Waals surface area contributed by atoms with Gasteiger partial charge in [0.15, 0.2) is 0 Å². The van der Waals surface area contributed by atoms with Crippen LogP contribution < -0.4 is 0 Å². The van der Waals surface area contributed by atoms with Crippen molar-refractivity contribution in [3.63, 3.8) is 0 Å². The lowest BCUT2D eigenvalue weighted by molar-refractivity contribution is -0.162. The Morgan fingerprint density at radius 3 is 2.29 bits per heavy atom. The zero-order chi connectivity index (χ0) is 16.1. The van der Waals surface area contributed by atoms with E-state index < -0.39 is 5.54 Å². The van der Waals surface area contributed by atoms with Gasteiger partial charge in [0.1, 0.15) is 12.0 Å². The number of rotatable bonds is 5. The Labute approximate surface area is 127 Å². The van der Waals surface area contributed by atoms with Crippen LogP contribution in [0.5, 0.6) is 0 Å². The number of esters is 1. The third-order valence-corrected chi connectivity index (χ3v) is 4.13. The van der Waals surface area contributed by atoms with Crippen molar-refractivity contribution in [1.82, 2.24) is 4.90 Å². The number of hydrogen-bond donors (Lipinski definition) is 0. The Bertz CT molecular complexity index is 426. The number of methoxy groups -OCH3 is 1. The molecule has 5 heteroatoms. The van der Waals surface area contributed by atoms with Gasteiger partial charge >= 0.3 is 5.97 Å². The quantitative estimate of drug-likeness (QED) is 0.731. The average Bonchev–Trinajstić information content (AvgIpc) is 2.87. The summed E-state index contributed by atoms with van der Waals surface area (Å²) in [6.07, 6.45) is 3.65. The summed E-state index contributed by atoms with van der Waals surface area (Å²) in [6, 6.07) is 1.90. The summed E-state index contributed by atoms with van der Waals surface area (Å²) in [4.78, 5) is 26.3. The van der Waals surface area contributed by atoms with Crippen molar-refractivity contribution in [2.24, 2.45) is 5.41 Å². The lowest BCUT2D eigenvalue weighted by atomic mass is 9.89. The van der Waals surface area contributed by atoms with Crippen LogP contribution in [-0.4, -0.2) is 36.0 Å². The van der Waals surface area contributed by atoms with Gasteiger partial charge < -0.3 is 9.64 Å². The molecule has 5 nitrogen and oxygen atoms in total. The molecule has 0 aromatic heterocycles. The van der Waals surface area contributed by atoms with E-state index in [0.29, 0.717) is 19.4 Å². The van der Waals surface area contributed by atoms with Crippen LogP contribution in [0.2, 0.25) is 0 Å². The van der Waals surface area contributed by atoms with Gasteiger partial charge in [-0.15, -0.1) is 0 Å². The van der Waals surface area contributed by atoms with Crippen molar-refractivity contribution in [3.05, 3.63) is 0 Å². The minimum atomic E-state index is -0.867. The molecule has 1 saturated carbocycles. The first-order chi connectivity index (χ1) is 9.77. The maximum absolute atomic E-state index is 12.4. The van der Waals surface area contributed by atoms with Crippen molar-refractivity contribution in [3.8, 4) is 6.07 Å². The molecule has 1 aliphatic carbocycles. The van der Waals surface area contributed by atoms with E-state index in [1.54, 1.807) is 4.90 Å². The van der Waals surface area contributed by atoms with Crippen LogP contribution in [0.1, 0.15) is 59.3 Å². The summed E-state index contributed by atoms with van der Waals surface area (Å²) in [7, 11) is 1.36. The number of carbonyl (C=O) groups excluding carboxylic acids is 2. The molecule has 0 aliphatic heterocycles. The van der Waals surface area contributed by atoms with Gasteiger partial charge in [-0.05, 0) is 24.7 Å². The summed E-state index contributed by atoms with van der Waals surface area (Å²) >= 11 is 0. The summed E-state index contributed by atoms with van der Waals surface area (Å²) in [6.45, 7) is 6.78. The van der Waals surface area contributed by atoms with E-state index in [0.717, 1.165) is 19.3 Å². The van der Waals surface area contributed by atoms with Gasteiger partial charge in [-0.1, -0.05) is 33.6 Å². The fourth-order valence-electron chi connectivity index (χ4n) is 2.92. The van der Waals surface area contributed by atoms with E-state index >= 15 is 0 Å². The van der Waals surface area contributed by atoms with Crippen LogP contribution in [0.25, 0.3) is 0 Å². The summed E-state index contributed by atoms with van der Waals surface area (Å²) < 4.78 is 4.96. The van der Waals surface area contributed by atoms with Gasteiger partial charge in [0, 0.05) is 6.54 Å². The molecule has 0 saturated heterocycles. The van der Waals surface area contributed by atoms with E-state index in [4.69, 9.17) is 10.00 Å². The maximum Gasteiger partial charge on any atom is 0.331 e. The molecule has 1 rings (SSSR count). The normalized spacial score (nSPS) is 17.1. The summed E-state index contributed by atoms with van der Waals surface area (Å²) in [5.74, 6) is -0.616. The fraction of sp³-hybridized carbons (Fsp3) is 0.812. The first-order valence-corrected chi connectivity index (χ1v) is 7.53. The van der Waals surface area contributed by atoms with Crippen LogP contribution in [0.4, 0.5) is 0 Å². The second kappa shape index (κ2) is 6.93. The molecule has 1 fully saturated rings. The Balaban J connectivity index is 3.05. The second-order valence-electron chi connectivity index (χ2n) is 6.92. The van der Waals surface area contributed by atoms with E-state index in [-0.39, 0.29) is 23.7 Å². The summed E-state index contributed by atoms with van der Waals surface area (Å²) in [5, 5.41) is 8.82. The molecule has 1 aliphatic rings. The van der Waals surface area contributed by atoms with Gasteiger partial charge in [0.05, 0.1) is 13.2 Å². The minimum absolute atomic E-state index is 0.0566. The Hall–Kier alpha value is -1.57. The largest absolute Gasteiger partial charge is 0.467 e. The molecule has 1 amide bonds. The van der Waals surface area contributed by atoms with Crippen LogP contribution in [0, 0.1) is 16.7 Å². The van der Waals surface area contributed by atoms with E-state index in [9.17, 15) is 9.59 Å². The van der Waals surface area contributed by atoms with Crippen molar-refractivity contribution in [2.45, 2.75) is 64.8 Å². The smallest absolute Gasteiger partial charge is 0.331 e. The number of nitriles is 1. The third-order valence-electron chi connectivity index (χ3n) is 4.13. The Kier molecular flexibility index (Phi) is 5.77. The van der Waals surface area contributed by atoms with Crippen LogP contribution in [0.15, 0.2) is 0 Å². The highest BCUT2D eigenvalue weighted by molar-refractivity contribution is 5.89. The third kappa shape index (κ3) is 4.20. The molecule has 0 N–H and O–H groups in total. The van der Waals surface area contributed by atoms with E-state index in [2.05, 4.69) is 20.8 Å². The van der Waals surface area contributed by atoms with Crippen LogP contribution in [-0.2, 0) is 14.3 Å². The molecule has 0 bridgehead atoms. The number of hydrogen-bond acceptors (Lipinski definition) is 4. The number of nitrogens with zero attached hydrogens (tertiary/aromatic N) is 2.